The monoisotopic (exact) mass is 322 g/mol. The van der Waals surface area contributed by atoms with Crippen molar-refractivity contribution in [1.82, 2.24) is 0 Å². The molecular weight excluding hydrogens is 292 g/mol. The maximum Gasteiger partial charge on any atom is 0.312 e. The average molecular weight is 323 g/mol. The van der Waals surface area contributed by atoms with Gasteiger partial charge in [-0.05, 0) is 30.6 Å². The summed E-state index contributed by atoms with van der Waals surface area (Å²) in [5.41, 5.74) is 0.346. The van der Waals surface area contributed by atoms with Gasteiger partial charge in [0.1, 0.15) is 6.61 Å². The highest BCUT2D eigenvalue weighted by molar-refractivity contribution is 7.99. The number of rotatable bonds is 6. The molecule has 1 rings (SSSR count). The zero-order valence-electron chi connectivity index (χ0n) is 15.0. The van der Waals surface area contributed by atoms with E-state index in [-0.39, 0.29) is 16.1 Å². The molecule has 0 radical (unpaired) electrons. The Hall–Kier alpha value is -0.960. The van der Waals surface area contributed by atoms with Crippen molar-refractivity contribution in [1.29, 1.82) is 0 Å². The van der Waals surface area contributed by atoms with E-state index in [4.69, 9.17) is 4.74 Å². The van der Waals surface area contributed by atoms with Crippen molar-refractivity contribution in [2.45, 2.75) is 59.3 Å². The number of benzene rings is 1. The third-order valence-corrected chi connectivity index (χ3v) is 5.90. The number of carbonyl (C=O) groups is 1. The second-order valence-corrected chi connectivity index (χ2v) is 9.30. The molecule has 0 saturated carbocycles. The molecule has 2 nitrogen and oxygen atoms in total. The van der Waals surface area contributed by atoms with E-state index in [0.29, 0.717) is 6.61 Å². The van der Waals surface area contributed by atoms with Gasteiger partial charge in [0, 0.05) is 4.75 Å². The van der Waals surface area contributed by atoms with Crippen molar-refractivity contribution in [3.05, 3.63) is 35.9 Å². The van der Waals surface area contributed by atoms with E-state index >= 15 is 0 Å². The SMILES string of the molecule is CSC(C)(C)CC(C)(C(=O)OCc1ccccc1)C(C)(C)C. The molecule has 0 fully saturated rings. The average Bonchev–Trinajstić information content (AvgIpc) is 2.44. The van der Waals surface area contributed by atoms with Crippen LogP contribution in [0, 0.1) is 10.8 Å². The van der Waals surface area contributed by atoms with E-state index in [1.165, 1.54) is 0 Å². The first-order valence-electron chi connectivity index (χ1n) is 7.78. The summed E-state index contributed by atoms with van der Waals surface area (Å²) in [5.74, 6) is -0.106. The molecule has 0 saturated heterocycles. The van der Waals surface area contributed by atoms with Gasteiger partial charge in [0.2, 0.25) is 0 Å². The van der Waals surface area contributed by atoms with Gasteiger partial charge in [0.25, 0.3) is 0 Å². The Labute approximate surface area is 140 Å². The number of hydrogen-bond donors (Lipinski definition) is 0. The van der Waals surface area contributed by atoms with Crippen LogP contribution in [0.2, 0.25) is 0 Å². The van der Waals surface area contributed by atoms with E-state index in [1.54, 1.807) is 11.8 Å². The summed E-state index contributed by atoms with van der Waals surface area (Å²) in [7, 11) is 0. The molecule has 1 aromatic carbocycles. The standard InChI is InChI=1S/C19H30O2S/c1-17(2,3)19(6,14-18(4,5)22-7)16(20)21-13-15-11-9-8-10-12-15/h8-12H,13-14H2,1-7H3. The van der Waals surface area contributed by atoms with Crippen molar-refractivity contribution < 1.29 is 9.53 Å². The second kappa shape index (κ2) is 7.08. The lowest BCUT2D eigenvalue weighted by Crippen LogP contribution is -2.45. The van der Waals surface area contributed by atoms with Crippen molar-refractivity contribution in [2.75, 3.05) is 6.26 Å². The predicted octanol–water partition coefficient (Wildman–Crippen LogP) is 5.31. The molecule has 0 aliphatic heterocycles. The highest BCUT2D eigenvalue weighted by atomic mass is 32.2. The third-order valence-electron chi connectivity index (χ3n) is 4.65. The molecule has 0 aliphatic carbocycles. The molecule has 0 spiro atoms. The minimum Gasteiger partial charge on any atom is -0.460 e. The van der Waals surface area contributed by atoms with E-state index < -0.39 is 5.41 Å². The Kier molecular flexibility index (Phi) is 6.14. The van der Waals surface area contributed by atoms with Crippen molar-refractivity contribution in [2.24, 2.45) is 10.8 Å². The molecule has 0 heterocycles. The van der Waals surface area contributed by atoms with Crippen LogP contribution in [0.5, 0.6) is 0 Å². The summed E-state index contributed by atoms with van der Waals surface area (Å²) < 4.78 is 5.70. The van der Waals surface area contributed by atoms with Crippen LogP contribution >= 0.6 is 11.8 Å². The summed E-state index contributed by atoms with van der Waals surface area (Å²) >= 11 is 1.79. The van der Waals surface area contributed by atoms with Crippen LogP contribution in [-0.4, -0.2) is 17.0 Å². The number of thioether (sulfide) groups is 1. The van der Waals surface area contributed by atoms with Gasteiger partial charge < -0.3 is 4.74 Å². The Bertz CT molecular complexity index is 488. The van der Waals surface area contributed by atoms with Crippen molar-refractivity contribution in [3.63, 3.8) is 0 Å². The fourth-order valence-electron chi connectivity index (χ4n) is 2.45. The highest BCUT2D eigenvalue weighted by Crippen LogP contribution is 2.48. The first kappa shape index (κ1) is 19.1. The molecule has 3 heteroatoms. The normalized spacial score (nSPS) is 15.2. The van der Waals surface area contributed by atoms with Crippen LogP contribution in [0.3, 0.4) is 0 Å². The fraction of sp³-hybridized carbons (Fsp3) is 0.632. The van der Waals surface area contributed by atoms with E-state index in [9.17, 15) is 4.79 Å². The molecule has 0 aliphatic rings. The van der Waals surface area contributed by atoms with Crippen LogP contribution in [0.25, 0.3) is 0 Å². The summed E-state index contributed by atoms with van der Waals surface area (Å²) in [6, 6.07) is 9.85. The predicted molar refractivity (Wildman–Crippen MR) is 96.0 cm³/mol. The molecular formula is C19H30O2S. The lowest BCUT2D eigenvalue weighted by Gasteiger charge is -2.43. The van der Waals surface area contributed by atoms with Gasteiger partial charge in [0.05, 0.1) is 5.41 Å². The van der Waals surface area contributed by atoms with E-state index in [1.807, 2.05) is 37.3 Å². The van der Waals surface area contributed by atoms with Gasteiger partial charge in [-0.15, -0.1) is 0 Å². The highest BCUT2D eigenvalue weighted by Gasteiger charge is 2.48. The van der Waals surface area contributed by atoms with Crippen molar-refractivity contribution >= 4 is 17.7 Å². The van der Waals surface area contributed by atoms with E-state index in [0.717, 1.165) is 12.0 Å². The minimum atomic E-state index is -0.520. The maximum atomic E-state index is 12.8. The number of ether oxygens (including phenoxy) is 1. The summed E-state index contributed by atoms with van der Waals surface area (Å²) in [5, 5.41) is 0. The zero-order chi connectivity index (χ0) is 17.0. The van der Waals surface area contributed by atoms with Crippen molar-refractivity contribution in [3.8, 4) is 0 Å². The first-order valence-corrected chi connectivity index (χ1v) is 9.01. The Morgan fingerprint density at radius 3 is 2.05 bits per heavy atom. The fourth-order valence-corrected chi connectivity index (χ4v) is 2.88. The lowest BCUT2D eigenvalue weighted by molar-refractivity contribution is -0.164. The van der Waals surface area contributed by atoms with Crippen LogP contribution in [0.4, 0.5) is 0 Å². The van der Waals surface area contributed by atoms with Gasteiger partial charge >= 0.3 is 5.97 Å². The topological polar surface area (TPSA) is 26.3 Å². The van der Waals surface area contributed by atoms with Gasteiger partial charge in [-0.1, -0.05) is 65.0 Å². The third kappa shape index (κ3) is 4.77. The summed E-state index contributed by atoms with van der Waals surface area (Å²) in [4.78, 5) is 12.8. The Morgan fingerprint density at radius 2 is 1.59 bits per heavy atom. The molecule has 1 aromatic rings. The van der Waals surface area contributed by atoms with Gasteiger partial charge in [-0.3, -0.25) is 4.79 Å². The molecule has 0 amide bonds. The minimum absolute atomic E-state index is 0.0355. The molecule has 0 bridgehead atoms. The van der Waals surface area contributed by atoms with Crippen LogP contribution in [0.15, 0.2) is 30.3 Å². The van der Waals surface area contributed by atoms with Gasteiger partial charge in [-0.25, -0.2) is 0 Å². The molecule has 22 heavy (non-hydrogen) atoms. The number of carbonyl (C=O) groups excluding carboxylic acids is 1. The van der Waals surface area contributed by atoms with Crippen LogP contribution in [0.1, 0.15) is 53.5 Å². The largest absolute Gasteiger partial charge is 0.460 e. The Morgan fingerprint density at radius 1 is 1.05 bits per heavy atom. The molecule has 1 atom stereocenters. The second-order valence-electron chi connectivity index (χ2n) is 7.78. The maximum absolute atomic E-state index is 12.8. The Balaban J connectivity index is 2.90. The van der Waals surface area contributed by atoms with E-state index in [2.05, 4.69) is 40.9 Å². The smallest absolute Gasteiger partial charge is 0.312 e. The van der Waals surface area contributed by atoms with Crippen LogP contribution in [-0.2, 0) is 16.1 Å². The van der Waals surface area contributed by atoms with Gasteiger partial charge in [0.15, 0.2) is 0 Å². The lowest BCUT2D eigenvalue weighted by atomic mass is 9.64. The molecule has 0 aromatic heterocycles. The molecule has 124 valence electrons. The quantitative estimate of drug-likeness (QED) is 0.664. The molecule has 0 N–H and O–H groups in total. The van der Waals surface area contributed by atoms with Gasteiger partial charge in [-0.2, -0.15) is 11.8 Å². The first-order chi connectivity index (χ1) is 10.0. The summed E-state index contributed by atoms with van der Waals surface area (Å²) in [6.45, 7) is 13.1. The molecule has 1 unspecified atom stereocenters. The number of esters is 1. The zero-order valence-corrected chi connectivity index (χ0v) is 15.8. The van der Waals surface area contributed by atoms with Crippen LogP contribution < -0.4 is 0 Å². The summed E-state index contributed by atoms with van der Waals surface area (Å²) in [6.07, 6.45) is 2.89. The number of hydrogen-bond acceptors (Lipinski definition) is 3.